The first-order valence-electron chi connectivity index (χ1n) is 4.99. The molecule has 0 amide bonds. The van der Waals surface area contributed by atoms with Crippen molar-refractivity contribution in [2.75, 3.05) is 19.3 Å². The van der Waals surface area contributed by atoms with Crippen LogP contribution in [0.15, 0.2) is 34.5 Å². The van der Waals surface area contributed by atoms with Crippen LogP contribution in [-0.2, 0) is 9.84 Å². The van der Waals surface area contributed by atoms with Crippen LogP contribution < -0.4 is 5.32 Å². The fraction of sp³-hybridized carbons (Fsp3) is 0.273. The molecule has 0 aliphatic carbocycles. The van der Waals surface area contributed by atoms with Gasteiger partial charge in [0, 0.05) is 22.0 Å². The quantitative estimate of drug-likeness (QED) is 0.907. The van der Waals surface area contributed by atoms with E-state index in [-0.39, 0.29) is 5.75 Å². The van der Waals surface area contributed by atoms with Crippen LogP contribution in [0.4, 0.5) is 0 Å². The Hall–Kier alpha value is -0.910. The van der Waals surface area contributed by atoms with Crippen LogP contribution in [0.2, 0.25) is 0 Å². The second kappa shape index (κ2) is 4.53. The molecule has 0 saturated carbocycles. The largest absolute Gasteiger partial charge is 0.319 e. The highest BCUT2D eigenvalue weighted by Crippen LogP contribution is 2.29. The Bertz CT molecular complexity index is 587. The number of benzene rings is 1. The first-order valence-corrected chi connectivity index (χ1v) is 7.52. The monoisotopic (exact) mass is 255 g/mol. The lowest BCUT2D eigenvalue weighted by molar-refractivity contribution is 0.595. The van der Waals surface area contributed by atoms with Gasteiger partial charge in [0.1, 0.15) is 0 Å². The Morgan fingerprint density at radius 2 is 2.06 bits per heavy atom. The van der Waals surface area contributed by atoms with E-state index >= 15 is 0 Å². The van der Waals surface area contributed by atoms with Crippen LogP contribution in [0.25, 0.3) is 10.1 Å². The Morgan fingerprint density at radius 3 is 2.81 bits per heavy atom. The summed E-state index contributed by atoms with van der Waals surface area (Å²) in [6, 6.07) is 7.59. The van der Waals surface area contributed by atoms with E-state index in [2.05, 4.69) is 5.32 Å². The molecule has 1 N–H and O–H groups in total. The van der Waals surface area contributed by atoms with Crippen LogP contribution in [0.5, 0.6) is 0 Å². The molecule has 2 aromatic rings. The highest BCUT2D eigenvalue weighted by atomic mass is 32.2. The minimum atomic E-state index is -3.16. The molecular weight excluding hydrogens is 242 g/mol. The SMILES string of the molecule is CNCCS(=O)(=O)c1csc2ccccc12. The number of hydrogen-bond acceptors (Lipinski definition) is 4. The summed E-state index contributed by atoms with van der Waals surface area (Å²) in [5.74, 6) is 0.143. The van der Waals surface area contributed by atoms with Crippen LogP contribution >= 0.6 is 11.3 Å². The van der Waals surface area contributed by atoms with Gasteiger partial charge >= 0.3 is 0 Å². The highest BCUT2D eigenvalue weighted by molar-refractivity contribution is 7.91. The predicted octanol–water partition coefficient (Wildman–Crippen LogP) is 1.89. The lowest BCUT2D eigenvalue weighted by Gasteiger charge is -2.02. The van der Waals surface area contributed by atoms with Gasteiger partial charge in [-0.2, -0.15) is 0 Å². The lowest BCUT2D eigenvalue weighted by Crippen LogP contribution is -2.19. The van der Waals surface area contributed by atoms with Crippen molar-refractivity contribution in [3.05, 3.63) is 29.6 Å². The van der Waals surface area contributed by atoms with Crippen molar-refractivity contribution in [1.29, 1.82) is 0 Å². The number of nitrogens with one attached hydrogen (secondary N) is 1. The smallest absolute Gasteiger partial charge is 0.181 e. The molecule has 0 fully saturated rings. The van der Waals surface area contributed by atoms with Gasteiger partial charge in [0.2, 0.25) is 0 Å². The predicted molar refractivity (Wildman–Crippen MR) is 67.8 cm³/mol. The van der Waals surface area contributed by atoms with Crippen molar-refractivity contribution in [2.45, 2.75) is 4.90 Å². The van der Waals surface area contributed by atoms with Gasteiger partial charge in [-0.3, -0.25) is 0 Å². The van der Waals surface area contributed by atoms with Crippen molar-refractivity contribution in [1.82, 2.24) is 5.32 Å². The maximum absolute atomic E-state index is 12.0. The van der Waals surface area contributed by atoms with Crippen molar-refractivity contribution < 1.29 is 8.42 Å². The molecule has 0 aliphatic rings. The molecule has 0 bridgehead atoms. The van der Waals surface area contributed by atoms with E-state index in [1.54, 1.807) is 12.4 Å². The second-order valence-electron chi connectivity index (χ2n) is 3.52. The molecule has 3 nitrogen and oxygen atoms in total. The molecule has 2 rings (SSSR count). The second-order valence-corrected chi connectivity index (χ2v) is 6.51. The third-order valence-electron chi connectivity index (χ3n) is 2.40. The number of hydrogen-bond donors (Lipinski definition) is 1. The Labute approximate surface area is 99.0 Å². The molecule has 1 aromatic heterocycles. The Balaban J connectivity index is 2.47. The highest BCUT2D eigenvalue weighted by Gasteiger charge is 2.18. The van der Waals surface area contributed by atoms with E-state index in [1.807, 2.05) is 24.3 Å². The van der Waals surface area contributed by atoms with Crippen molar-refractivity contribution in [3.63, 3.8) is 0 Å². The molecule has 1 heterocycles. The zero-order valence-corrected chi connectivity index (χ0v) is 10.6. The Kier molecular flexibility index (Phi) is 3.28. The summed E-state index contributed by atoms with van der Waals surface area (Å²) in [5.41, 5.74) is 0. The molecule has 0 spiro atoms. The molecule has 0 atom stereocenters. The third kappa shape index (κ3) is 2.11. The molecule has 1 aromatic carbocycles. The van der Waals surface area contributed by atoms with Crippen molar-refractivity contribution in [3.8, 4) is 0 Å². The minimum Gasteiger partial charge on any atom is -0.319 e. The summed E-state index contributed by atoms with van der Waals surface area (Å²) in [5, 5.41) is 5.43. The lowest BCUT2D eigenvalue weighted by atomic mass is 10.3. The molecule has 16 heavy (non-hydrogen) atoms. The van der Waals surface area contributed by atoms with Crippen LogP contribution in [-0.4, -0.2) is 27.8 Å². The average molecular weight is 255 g/mol. The zero-order chi connectivity index (χ0) is 11.6. The van der Waals surface area contributed by atoms with E-state index in [0.29, 0.717) is 11.4 Å². The first kappa shape index (κ1) is 11.6. The van der Waals surface area contributed by atoms with E-state index in [1.165, 1.54) is 11.3 Å². The summed E-state index contributed by atoms with van der Waals surface area (Å²) in [4.78, 5) is 0.461. The van der Waals surface area contributed by atoms with Gasteiger partial charge in [-0.25, -0.2) is 8.42 Å². The van der Waals surface area contributed by atoms with Crippen LogP contribution in [0.1, 0.15) is 0 Å². The maximum Gasteiger partial charge on any atom is 0.181 e. The Morgan fingerprint density at radius 1 is 1.31 bits per heavy atom. The summed E-state index contributed by atoms with van der Waals surface area (Å²) < 4.78 is 25.1. The van der Waals surface area contributed by atoms with Crippen LogP contribution in [0.3, 0.4) is 0 Å². The van der Waals surface area contributed by atoms with Crippen LogP contribution in [0, 0.1) is 0 Å². The number of sulfone groups is 1. The van der Waals surface area contributed by atoms with Gasteiger partial charge in [0.05, 0.1) is 10.6 Å². The van der Waals surface area contributed by atoms with Gasteiger partial charge in [0.25, 0.3) is 0 Å². The average Bonchev–Trinajstić information content (AvgIpc) is 2.71. The number of thiophene rings is 1. The molecule has 0 aliphatic heterocycles. The third-order valence-corrected chi connectivity index (χ3v) is 5.26. The maximum atomic E-state index is 12.0. The molecule has 0 saturated heterocycles. The van der Waals surface area contributed by atoms with Crippen molar-refractivity contribution in [2.24, 2.45) is 0 Å². The van der Waals surface area contributed by atoms with Gasteiger partial charge in [-0.05, 0) is 13.1 Å². The first-order chi connectivity index (χ1) is 7.65. The molecular formula is C11H13NO2S2. The van der Waals surface area contributed by atoms with E-state index in [9.17, 15) is 8.42 Å². The molecule has 0 radical (unpaired) electrons. The van der Waals surface area contributed by atoms with E-state index in [4.69, 9.17) is 0 Å². The van der Waals surface area contributed by atoms with Gasteiger partial charge in [-0.15, -0.1) is 11.3 Å². The number of rotatable bonds is 4. The molecule has 0 unspecified atom stereocenters. The topological polar surface area (TPSA) is 46.2 Å². The molecule has 86 valence electrons. The standard InChI is InChI=1S/C11H13NO2S2/c1-12-6-7-16(13,14)11-8-15-10-5-3-2-4-9(10)11/h2-5,8,12H,6-7H2,1H3. The summed E-state index contributed by atoms with van der Waals surface area (Å²) >= 11 is 1.47. The molecule has 5 heteroatoms. The summed E-state index contributed by atoms with van der Waals surface area (Å²) in [6.45, 7) is 0.479. The fourth-order valence-electron chi connectivity index (χ4n) is 1.54. The number of fused-ring (bicyclic) bond motifs is 1. The van der Waals surface area contributed by atoms with E-state index < -0.39 is 9.84 Å². The zero-order valence-electron chi connectivity index (χ0n) is 8.93. The minimum absolute atomic E-state index is 0.143. The van der Waals surface area contributed by atoms with Gasteiger partial charge < -0.3 is 5.32 Å². The fourth-order valence-corrected chi connectivity index (χ4v) is 4.36. The van der Waals surface area contributed by atoms with Crippen molar-refractivity contribution >= 4 is 31.3 Å². The summed E-state index contributed by atoms with van der Waals surface area (Å²) in [6.07, 6.45) is 0. The van der Waals surface area contributed by atoms with Gasteiger partial charge in [-0.1, -0.05) is 18.2 Å². The normalized spacial score (nSPS) is 12.1. The van der Waals surface area contributed by atoms with Gasteiger partial charge in [0.15, 0.2) is 9.84 Å². The summed E-state index contributed by atoms with van der Waals surface area (Å²) in [7, 11) is -1.41. The van der Waals surface area contributed by atoms with E-state index in [0.717, 1.165) is 10.1 Å².